The number of hydrogen-bond donors (Lipinski definition) is 1. The predicted octanol–water partition coefficient (Wildman–Crippen LogP) is 2.86. The summed E-state index contributed by atoms with van der Waals surface area (Å²) in [6.07, 6.45) is 0.987. The molecule has 0 saturated heterocycles. The second-order valence-electron chi connectivity index (χ2n) is 4.18. The number of nitrogens with one attached hydrogen (secondary N) is 1. The number of aromatic nitrogens is 2. The monoisotopic (exact) mass is 251 g/mol. The molecule has 2 aromatic heterocycles. The summed E-state index contributed by atoms with van der Waals surface area (Å²) >= 11 is 1.65. The van der Waals surface area contributed by atoms with Gasteiger partial charge in [-0.3, -0.25) is 0 Å². The molecule has 92 valence electrons. The topological polar surface area (TPSA) is 51.0 Å². The van der Waals surface area contributed by atoms with Crippen LogP contribution in [0.5, 0.6) is 0 Å². The van der Waals surface area contributed by atoms with Gasteiger partial charge in [0.25, 0.3) is 5.89 Å². The van der Waals surface area contributed by atoms with Crippen LogP contribution in [0.1, 0.15) is 32.2 Å². The third-order valence-corrected chi connectivity index (χ3v) is 3.40. The highest BCUT2D eigenvalue weighted by Crippen LogP contribution is 2.28. The van der Waals surface area contributed by atoms with Crippen LogP contribution in [0.15, 0.2) is 16.0 Å². The van der Waals surface area contributed by atoms with E-state index in [1.54, 1.807) is 11.3 Å². The molecule has 2 heterocycles. The first kappa shape index (κ1) is 12.3. The van der Waals surface area contributed by atoms with Crippen LogP contribution in [0, 0.1) is 0 Å². The molecule has 0 amide bonds. The Labute approximate surface area is 105 Å². The number of aryl methyl sites for hydroxylation is 1. The first-order chi connectivity index (χ1) is 8.20. The van der Waals surface area contributed by atoms with Crippen LogP contribution in [-0.2, 0) is 13.0 Å². The Morgan fingerprint density at radius 2 is 2.29 bits per heavy atom. The van der Waals surface area contributed by atoms with Crippen LogP contribution in [0.25, 0.3) is 10.8 Å². The second-order valence-corrected chi connectivity index (χ2v) is 5.10. The first-order valence-electron chi connectivity index (χ1n) is 5.83. The van der Waals surface area contributed by atoms with Crippen molar-refractivity contribution in [3.63, 3.8) is 0 Å². The summed E-state index contributed by atoms with van der Waals surface area (Å²) in [5.74, 6) is 1.35. The lowest BCUT2D eigenvalue weighted by molar-refractivity contribution is 0.417. The molecule has 0 atom stereocenters. The van der Waals surface area contributed by atoms with E-state index >= 15 is 0 Å². The van der Waals surface area contributed by atoms with Crippen LogP contribution in [0.2, 0.25) is 0 Å². The van der Waals surface area contributed by atoms with Crippen molar-refractivity contribution in [3.8, 4) is 10.8 Å². The van der Waals surface area contributed by atoms with Gasteiger partial charge in [-0.15, -0.1) is 11.3 Å². The van der Waals surface area contributed by atoms with Gasteiger partial charge in [-0.25, -0.2) is 0 Å². The molecule has 5 heteroatoms. The zero-order valence-corrected chi connectivity index (χ0v) is 11.2. The lowest BCUT2D eigenvalue weighted by atomic mass is 10.2. The lowest BCUT2D eigenvalue weighted by Crippen LogP contribution is -2.22. The standard InChI is InChI=1S/C12H17N3OS/c1-4-9-5-6-17-11(9)12-14-10(15-16-12)7-13-8(2)3/h5-6,8,13H,4,7H2,1-3H3. The average molecular weight is 251 g/mol. The van der Waals surface area contributed by atoms with Gasteiger partial charge in [0, 0.05) is 6.04 Å². The molecule has 17 heavy (non-hydrogen) atoms. The quantitative estimate of drug-likeness (QED) is 0.887. The largest absolute Gasteiger partial charge is 0.333 e. The molecule has 4 nitrogen and oxygen atoms in total. The van der Waals surface area contributed by atoms with E-state index < -0.39 is 0 Å². The predicted molar refractivity (Wildman–Crippen MR) is 69.0 cm³/mol. The van der Waals surface area contributed by atoms with Crippen LogP contribution >= 0.6 is 11.3 Å². The summed E-state index contributed by atoms with van der Waals surface area (Å²) in [7, 11) is 0. The molecule has 0 saturated carbocycles. The fourth-order valence-corrected chi connectivity index (χ4v) is 2.43. The summed E-state index contributed by atoms with van der Waals surface area (Å²) in [5, 5.41) is 9.30. The minimum Gasteiger partial charge on any atom is -0.333 e. The lowest BCUT2D eigenvalue weighted by Gasteiger charge is -2.03. The Hall–Kier alpha value is -1.20. The molecule has 2 rings (SSSR count). The van der Waals surface area contributed by atoms with E-state index in [9.17, 15) is 0 Å². The molecule has 0 bridgehead atoms. The maximum absolute atomic E-state index is 5.29. The number of hydrogen-bond acceptors (Lipinski definition) is 5. The van der Waals surface area contributed by atoms with E-state index in [-0.39, 0.29) is 0 Å². The van der Waals surface area contributed by atoms with Crippen LogP contribution in [0.3, 0.4) is 0 Å². The van der Waals surface area contributed by atoms with Crippen molar-refractivity contribution < 1.29 is 4.52 Å². The minimum absolute atomic E-state index is 0.421. The van der Waals surface area contributed by atoms with Crippen LogP contribution in [-0.4, -0.2) is 16.2 Å². The van der Waals surface area contributed by atoms with Gasteiger partial charge < -0.3 is 9.84 Å². The molecular weight excluding hydrogens is 234 g/mol. The highest BCUT2D eigenvalue weighted by atomic mass is 32.1. The third-order valence-electron chi connectivity index (χ3n) is 2.46. The Morgan fingerprint density at radius 1 is 1.47 bits per heavy atom. The molecule has 0 fully saturated rings. The summed E-state index contributed by atoms with van der Waals surface area (Å²) in [5.41, 5.74) is 1.27. The molecular formula is C12H17N3OS. The molecule has 1 N–H and O–H groups in total. The van der Waals surface area contributed by atoms with Crippen LogP contribution in [0.4, 0.5) is 0 Å². The molecule has 0 aliphatic rings. The summed E-state index contributed by atoms with van der Waals surface area (Å²) in [4.78, 5) is 5.50. The number of rotatable bonds is 5. The molecule has 0 aliphatic carbocycles. The fraction of sp³-hybridized carbons (Fsp3) is 0.500. The smallest absolute Gasteiger partial charge is 0.268 e. The fourth-order valence-electron chi connectivity index (χ4n) is 1.52. The third kappa shape index (κ3) is 2.92. The summed E-state index contributed by atoms with van der Waals surface area (Å²) in [6.45, 7) is 6.96. The van der Waals surface area contributed by atoms with Gasteiger partial charge in [0.2, 0.25) is 0 Å². The molecule has 0 spiro atoms. The number of thiophene rings is 1. The van der Waals surface area contributed by atoms with Crippen molar-refractivity contribution in [1.82, 2.24) is 15.5 Å². The van der Waals surface area contributed by atoms with E-state index in [2.05, 4.69) is 47.7 Å². The van der Waals surface area contributed by atoms with Crippen molar-refractivity contribution in [3.05, 3.63) is 22.8 Å². The highest BCUT2D eigenvalue weighted by Gasteiger charge is 2.13. The molecule has 0 aliphatic heterocycles. The van der Waals surface area contributed by atoms with Crippen molar-refractivity contribution in [1.29, 1.82) is 0 Å². The van der Waals surface area contributed by atoms with Gasteiger partial charge in [0.15, 0.2) is 5.82 Å². The van der Waals surface area contributed by atoms with Gasteiger partial charge in [0.05, 0.1) is 11.4 Å². The van der Waals surface area contributed by atoms with E-state index in [0.717, 1.165) is 11.3 Å². The van der Waals surface area contributed by atoms with Crippen molar-refractivity contribution in [2.24, 2.45) is 0 Å². The van der Waals surface area contributed by atoms with E-state index in [1.807, 2.05) is 0 Å². The Balaban J connectivity index is 2.12. The highest BCUT2D eigenvalue weighted by molar-refractivity contribution is 7.13. The SMILES string of the molecule is CCc1ccsc1-c1nc(CNC(C)C)no1. The van der Waals surface area contributed by atoms with Gasteiger partial charge in [-0.2, -0.15) is 4.98 Å². The van der Waals surface area contributed by atoms with Gasteiger partial charge in [0.1, 0.15) is 0 Å². The van der Waals surface area contributed by atoms with E-state index in [1.165, 1.54) is 5.56 Å². The summed E-state index contributed by atoms with van der Waals surface area (Å²) in [6, 6.07) is 2.53. The zero-order chi connectivity index (χ0) is 12.3. The normalized spacial score (nSPS) is 11.3. The van der Waals surface area contributed by atoms with Crippen molar-refractivity contribution in [2.45, 2.75) is 39.8 Å². The van der Waals surface area contributed by atoms with Gasteiger partial charge in [-0.05, 0) is 23.4 Å². The summed E-state index contributed by atoms with van der Waals surface area (Å²) < 4.78 is 5.29. The maximum Gasteiger partial charge on any atom is 0.268 e. The van der Waals surface area contributed by atoms with Crippen molar-refractivity contribution in [2.75, 3.05) is 0 Å². The first-order valence-corrected chi connectivity index (χ1v) is 6.71. The van der Waals surface area contributed by atoms with E-state index in [0.29, 0.717) is 24.3 Å². The van der Waals surface area contributed by atoms with E-state index in [4.69, 9.17) is 4.52 Å². The Bertz CT molecular complexity index is 476. The number of nitrogens with zero attached hydrogens (tertiary/aromatic N) is 2. The average Bonchev–Trinajstić information content (AvgIpc) is 2.94. The zero-order valence-electron chi connectivity index (χ0n) is 10.4. The molecule has 0 aromatic carbocycles. The maximum atomic E-state index is 5.29. The molecule has 2 aromatic rings. The van der Waals surface area contributed by atoms with Crippen LogP contribution < -0.4 is 5.32 Å². The Kier molecular flexibility index (Phi) is 3.91. The van der Waals surface area contributed by atoms with Gasteiger partial charge in [-0.1, -0.05) is 25.9 Å². The van der Waals surface area contributed by atoms with Crippen molar-refractivity contribution >= 4 is 11.3 Å². The molecule has 0 unspecified atom stereocenters. The molecule has 0 radical (unpaired) electrons. The minimum atomic E-state index is 0.421. The Morgan fingerprint density at radius 3 is 3.00 bits per heavy atom. The second kappa shape index (κ2) is 5.42. The van der Waals surface area contributed by atoms with Gasteiger partial charge >= 0.3 is 0 Å².